The van der Waals surface area contributed by atoms with Crippen molar-refractivity contribution in [2.24, 2.45) is 0 Å². The molecule has 3 heterocycles. The number of fused-ring (bicyclic) bond motifs is 1. The first kappa shape index (κ1) is 16.9. The Hall–Kier alpha value is -1.99. The van der Waals surface area contributed by atoms with Crippen LogP contribution in [0.5, 0.6) is 0 Å². The molecule has 0 aliphatic rings. The molecule has 0 saturated heterocycles. The second-order valence-electron chi connectivity index (χ2n) is 5.39. The van der Waals surface area contributed by atoms with Gasteiger partial charge >= 0.3 is 5.97 Å². The Bertz CT molecular complexity index is 939. The summed E-state index contributed by atoms with van der Waals surface area (Å²) in [6, 6.07) is 3.99. The highest BCUT2D eigenvalue weighted by atomic mass is 32.1. The normalized spacial score (nSPS) is 11.2. The number of thiophene rings is 2. The van der Waals surface area contributed by atoms with Gasteiger partial charge in [-0.15, -0.1) is 22.7 Å². The summed E-state index contributed by atoms with van der Waals surface area (Å²) in [6.07, 6.45) is 1.35. The quantitative estimate of drug-likeness (QED) is 0.724. The van der Waals surface area contributed by atoms with Crippen molar-refractivity contribution in [2.75, 3.05) is 0 Å². The number of aliphatic carboxylic acids is 1. The van der Waals surface area contributed by atoms with Crippen LogP contribution in [-0.4, -0.2) is 20.6 Å². The Morgan fingerprint density at radius 3 is 2.71 bits per heavy atom. The lowest BCUT2D eigenvalue weighted by molar-refractivity contribution is -0.137. The fraction of sp³-hybridized carbons (Fsp3) is 0.353. The first-order chi connectivity index (χ1) is 11.6. The number of rotatable bonds is 6. The third-order valence-electron chi connectivity index (χ3n) is 3.92. The summed E-state index contributed by atoms with van der Waals surface area (Å²) in [6.45, 7) is 4.16. The Labute approximate surface area is 147 Å². The number of carboxylic acids is 1. The number of hydrogen-bond donors (Lipinski definition) is 1. The van der Waals surface area contributed by atoms with Crippen molar-refractivity contribution >= 4 is 38.9 Å². The lowest BCUT2D eigenvalue weighted by atomic mass is 10.1. The van der Waals surface area contributed by atoms with E-state index in [1.165, 1.54) is 4.57 Å². The van der Waals surface area contributed by atoms with Crippen molar-refractivity contribution in [3.63, 3.8) is 0 Å². The smallest absolute Gasteiger partial charge is 0.305 e. The van der Waals surface area contributed by atoms with Crippen LogP contribution in [0.25, 0.3) is 20.7 Å². The van der Waals surface area contributed by atoms with Crippen LogP contribution in [0.2, 0.25) is 0 Å². The van der Waals surface area contributed by atoms with Gasteiger partial charge in [-0.3, -0.25) is 14.2 Å². The van der Waals surface area contributed by atoms with Crippen molar-refractivity contribution in [3.8, 4) is 10.4 Å². The maximum Gasteiger partial charge on any atom is 0.305 e. The second kappa shape index (κ2) is 6.86. The van der Waals surface area contributed by atoms with Crippen LogP contribution < -0.4 is 5.56 Å². The fourth-order valence-corrected chi connectivity index (χ4v) is 4.81. The van der Waals surface area contributed by atoms with Crippen LogP contribution in [0.3, 0.4) is 0 Å². The molecule has 0 amide bonds. The summed E-state index contributed by atoms with van der Waals surface area (Å²) >= 11 is 3.17. The molecule has 0 aliphatic heterocycles. The molecule has 0 atom stereocenters. The first-order valence-electron chi connectivity index (χ1n) is 7.87. The Balaban J connectivity index is 2.30. The van der Waals surface area contributed by atoms with E-state index < -0.39 is 5.97 Å². The number of nitrogens with zero attached hydrogens (tertiary/aromatic N) is 2. The van der Waals surface area contributed by atoms with E-state index in [0.717, 1.165) is 26.6 Å². The minimum Gasteiger partial charge on any atom is -0.481 e. The Morgan fingerprint density at radius 1 is 1.33 bits per heavy atom. The fourth-order valence-electron chi connectivity index (χ4n) is 2.81. The van der Waals surface area contributed by atoms with E-state index in [2.05, 4.69) is 11.9 Å². The maximum atomic E-state index is 13.1. The summed E-state index contributed by atoms with van der Waals surface area (Å²) in [7, 11) is 0. The molecule has 1 N–H and O–H groups in total. The van der Waals surface area contributed by atoms with E-state index in [-0.39, 0.29) is 18.5 Å². The number of carbonyl (C=O) groups is 1. The SMILES string of the molecule is CCc1sc2nc(CC)n(CCC(=O)O)c(=O)c2c1-c1cccs1. The lowest BCUT2D eigenvalue weighted by Crippen LogP contribution is -2.26. The van der Waals surface area contributed by atoms with Crippen LogP contribution in [-0.2, 0) is 24.2 Å². The molecule has 5 nitrogen and oxygen atoms in total. The van der Waals surface area contributed by atoms with Crippen molar-refractivity contribution in [2.45, 2.75) is 39.7 Å². The molecule has 3 aromatic heterocycles. The molecule has 0 radical (unpaired) electrons. The van der Waals surface area contributed by atoms with Gasteiger partial charge in [0.25, 0.3) is 5.56 Å². The largest absolute Gasteiger partial charge is 0.481 e. The molecular formula is C17H18N2O3S2. The average Bonchev–Trinajstić information content (AvgIpc) is 3.19. The monoisotopic (exact) mass is 362 g/mol. The first-order valence-corrected chi connectivity index (χ1v) is 9.57. The topological polar surface area (TPSA) is 72.2 Å². The van der Waals surface area contributed by atoms with Gasteiger partial charge < -0.3 is 5.11 Å². The molecule has 0 bridgehead atoms. The zero-order valence-electron chi connectivity index (χ0n) is 13.5. The third kappa shape index (κ3) is 2.89. The molecule has 3 rings (SSSR count). The van der Waals surface area contributed by atoms with Crippen molar-refractivity contribution in [1.29, 1.82) is 0 Å². The molecule has 24 heavy (non-hydrogen) atoms. The molecule has 126 valence electrons. The van der Waals surface area contributed by atoms with Gasteiger partial charge in [0, 0.05) is 28.3 Å². The van der Waals surface area contributed by atoms with E-state index >= 15 is 0 Å². The highest BCUT2D eigenvalue weighted by molar-refractivity contribution is 7.20. The molecule has 0 spiro atoms. The van der Waals surface area contributed by atoms with Gasteiger partial charge in [0.05, 0.1) is 11.8 Å². The molecule has 0 saturated carbocycles. The van der Waals surface area contributed by atoms with Gasteiger partial charge in [-0.05, 0) is 17.9 Å². The number of aryl methyl sites for hydroxylation is 2. The zero-order valence-corrected chi connectivity index (χ0v) is 15.2. The highest BCUT2D eigenvalue weighted by Gasteiger charge is 2.21. The van der Waals surface area contributed by atoms with Crippen molar-refractivity contribution < 1.29 is 9.90 Å². The van der Waals surface area contributed by atoms with E-state index in [0.29, 0.717) is 17.6 Å². The van der Waals surface area contributed by atoms with E-state index in [9.17, 15) is 9.59 Å². The van der Waals surface area contributed by atoms with Gasteiger partial charge in [0.2, 0.25) is 0 Å². The second-order valence-corrected chi connectivity index (χ2v) is 7.42. The molecule has 0 unspecified atom stereocenters. The number of carboxylic acid groups (broad SMARTS) is 1. The highest BCUT2D eigenvalue weighted by Crippen LogP contribution is 2.38. The lowest BCUT2D eigenvalue weighted by Gasteiger charge is -2.10. The average molecular weight is 362 g/mol. The molecular weight excluding hydrogens is 344 g/mol. The van der Waals surface area contributed by atoms with Crippen LogP contribution in [0, 0.1) is 0 Å². The predicted molar refractivity (Wildman–Crippen MR) is 98.2 cm³/mol. The van der Waals surface area contributed by atoms with Gasteiger partial charge in [-0.1, -0.05) is 19.9 Å². The summed E-state index contributed by atoms with van der Waals surface area (Å²) in [5.41, 5.74) is 0.842. The molecule has 3 aromatic rings. The van der Waals surface area contributed by atoms with Gasteiger partial charge in [-0.2, -0.15) is 0 Å². The zero-order chi connectivity index (χ0) is 17.3. The van der Waals surface area contributed by atoms with Crippen molar-refractivity contribution in [3.05, 3.63) is 38.6 Å². The van der Waals surface area contributed by atoms with E-state index in [1.807, 2.05) is 24.4 Å². The van der Waals surface area contributed by atoms with Crippen molar-refractivity contribution in [1.82, 2.24) is 9.55 Å². The van der Waals surface area contributed by atoms with Crippen LogP contribution in [0.15, 0.2) is 22.3 Å². The van der Waals surface area contributed by atoms with Crippen LogP contribution >= 0.6 is 22.7 Å². The summed E-state index contributed by atoms with van der Waals surface area (Å²) in [5, 5.41) is 11.6. The van der Waals surface area contributed by atoms with Crippen LogP contribution in [0.1, 0.15) is 31.0 Å². The van der Waals surface area contributed by atoms with E-state index in [4.69, 9.17) is 5.11 Å². The molecule has 0 fully saturated rings. The summed E-state index contributed by atoms with van der Waals surface area (Å²) < 4.78 is 1.53. The van der Waals surface area contributed by atoms with Gasteiger partial charge in [-0.25, -0.2) is 4.98 Å². The number of aromatic nitrogens is 2. The summed E-state index contributed by atoms with van der Waals surface area (Å²) in [4.78, 5) is 31.7. The van der Waals surface area contributed by atoms with Crippen LogP contribution in [0.4, 0.5) is 0 Å². The Kier molecular flexibility index (Phi) is 4.82. The number of hydrogen-bond acceptors (Lipinski definition) is 5. The standard InChI is InChI=1S/C17H18N2O3S2/c1-3-10-14(11-6-5-9-23-11)15-16(24-10)18-12(4-2)19(17(15)22)8-7-13(20)21/h5-6,9H,3-4,7-8H2,1-2H3,(H,20,21). The van der Waals surface area contributed by atoms with Gasteiger partial charge in [0.1, 0.15) is 10.7 Å². The minimum atomic E-state index is -0.915. The molecule has 7 heteroatoms. The molecule has 0 aromatic carbocycles. The minimum absolute atomic E-state index is 0.0841. The summed E-state index contributed by atoms with van der Waals surface area (Å²) in [5.74, 6) is -0.266. The predicted octanol–water partition coefficient (Wildman–Crippen LogP) is 3.79. The maximum absolute atomic E-state index is 13.1. The van der Waals surface area contributed by atoms with E-state index in [1.54, 1.807) is 22.7 Å². The Morgan fingerprint density at radius 2 is 2.12 bits per heavy atom. The molecule has 0 aliphatic carbocycles. The van der Waals surface area contributed by atoms with Gasteiger partial charge in [0.15, 0.2) is 0 Å². The third-order valence-corrected chi connectivity index (χ3v) is 6.03.